The predicted octanol–water partition coefficient (Wildman–Crippen LogP) is 2.22. The topological polar surface area (TPSA) is 50.4 Å². The number of halogens is 1. The summed E-state index contributed by atoms with van der Waals surface area (Å²) in [6.07, 6.45) is 0.0830. The molecule has 0 aliphatic rings. The SMILES string of the molecule is CCNCCNC(=O)C(CC)Oc1ccccc1Cl. The van der Waals surface area contributed by atoms with Gasteiger partial charge in [-0.15, -0.1) is 0 Å². The number of nitrogens with one attached hydrogen (secondary N) is 2. The van der Waals surface area contributed by atoms with Crippen molar-refractivity contribution in [2.45, 2.75) is 26.4 Å². The summed E-state index contributed by atoms with van der Waals surface area (Å²) in [6, 6.07) is 7.16. The summed E-state index contributed by atoms with van der Waals surface area (Å²) in [7, 11) is 0. The third kappa shape index (κ3) is 5.49. The van der Waals surface area contributed by atoms with Crippen LogP contribution < -0.4 is 15.4 Å². The number of rotatable bonds is 8. The Balaban J connectivity index is 2.48. The number of ether oxygens (including phenoxy) is 1. The Morgan fingerprint density at radius 3 is 2.68 bits per heavy atom. The van der Waals surface area contributed by atoms with Gasteiger partial charge in [-0.25, -0.2) is 0 Å². The van der Waals surface area contributed by atoms with Crippen molar-refractivity contribution in [3.8, 4) is 5.75 Å². The van der Waals surface area contributed by atoms with Gasteiger partial charge in [0.1, 0.15) is 5.75 Å². The number of para-hydroxylation sites is 1. The molecule has 1 amide bonds. The van der Waals surface area contributed by atoms with Gasteiger partial charge in [0.05, 0.1) is 5.02 Å². The van der Waals surface area contributed by atoms with Crippen LogP contribution in [0.4, 0.5) is 0 Å². The normalized spacial score (nSPS) is 11.9. The van der Waals surface area contributed by atoms with Crippen LogP contribution in [0.1, 0.15) is 20.3 Å². The molecule has 0 heterocycles. The third-order valence-corrected chi connectivity index (χ3v) is 2.93. The van der Waals surface area contributed by atoms with E-state index in [9.17, 15) is 4.79 Å². The van der Waals surface area contributed by atoms with E-state index in [0.29, 0.717) is 23.7 Å². The second-order valence-corrected chi connectivity index (χ2v) is 4.50. The Morgan fingerprint density at radius 1 is 1.32 bits per heavy atom. The van der Waals surface area contributed by atoms with E-state index in [1.54, 1.807) is 12.1 Å². The zero-order valence-electron chi connectivity index (χ0n) is 11.4. The van der Waals surface area contributed by atoms with E-state index < -0.39 is 6.10 Å². The number of likely N-dealkylation sites (N-methyl/N-ethyl adjacent to an activating group) is 1. The Hall–Kier alpha value is -1.26. The van der Waals surface area contributed by atoms with Crippen molar-refractivity contribution in [1.29, 1.82) is 0 Å². The minimum absolute atomic E-state index is 0.111. The van der Waals surface area contributed by atoms with Gasteiger partial charge in [0, 0.05) is 13.1 Å². The maximum atomic E-state index is 11.9. The van der Waals surface area contributed by atoms with Crippen LogP contribution in [0.15, 0.2) is 24.3 Å². The molecule has 1 rings (SSSR count). The van der Waals surface area contributed by atoms with E-state index in [0.717, 1.165) is 13.1 Å². The van der Waals surface area contributed by atoms with E-state index in [-0.39, 0.29) is 5.91 Å². The van der Waals surface area contributed by atoms with Crippen LogP contribution in [0.3, 0.4) is 0 Å². The summed E-state index contributed by atoms with van der Waals surface area (Å²) in [4.78, 5) is 11.9. The summed E-state index contributed by atoms with van der Waals surface area (Å²) in [5, 5.41) is 6.50. The highest BCUT2D eigenvalue weighted by molar-refractivity contribution is 6.32. The van der Waals surface area contributed by atoms with Gasteiger partial charge in [0.2, 0.25) is 0 Å². The standard InChI is InChI=1S/C14H21ClN2O2/c1-3-12(14(18)17-10-9-16-4-2)19-13-8-6-5-7-11(13)15/h5-8,12,16H,3-4,9-10H2,1-2H3,(H,17,18). The van der Waals surface area contributed by atoms with Gasteiger partial charge in [-0.3, -0.25) is 4.79 Å². The van der Waals surface area contributed by atoms with Crippen LogP contribution in [-0.4, -0.2) is 31.6 Å². The van der Waals surface area contributed by atoms with Crippen molar-refractivity contribution >= 4 is 17.5 Å². The van der Waals surface area contributed by atoms with E-state index >= 15 is 0 Å². The molecule has 4 nitrogen and oxygen atoms in total. The van der Waals surface area contributed by atoms with Crippen LogP contribution in [0, 0.1) is 0 Å². The minimum atomic E-state index is -0.512. The fourth-order valence-corrected chi connectivity index (χ4v) is 1.76. The molecule has 19 heavy (non-hydrogen) atoms. The molecule has 0 aliphatic carbocycles. The Morgan fingerprint density at radius 2 is 2.05 bits per heavy atom. The van der Waals surface area contributed by atoms with Crippen LogP contribution in [0.5, 0.6) is 5.75 Å². The number of carbonyl (C=O) groups is 1. The average Bonchev–Trinajstić information content (AvgIpc) is 2.42. The third-order valence-electron chi connectivity index (χ3n) is 2.62. The first-order valence-electron chi connectivity index (χ1n) is 6.58. The summed E-state index contributed by atoms with van der Waals surface area (Å²) in [6.45, 7) is 6.17. The quantitative estimate of drug-likeness (QED) is 0.720. The predicted molar refractivity (Wildman–Crippen MR) is 77.7 cm³/mol. The highest BCUT2D eigenvalue weighted by Gasteiger charge is 2.18. The first-order chi connectivity index (χ1) is 9.19. The molecule has 1 aromatic rings. The molecule has 0 aromatic heterocycles. The number of carbonyl (C=O) groups excluding carboxylic acids is 1. The molecule has 0 fully saturated rings. The lowest BCUT2D eigenvalue weighted by molar-refractivity contribution is -0.128. The fraction of sp³-hybridized carbons (Fsp3) is 0.500. The highest BCUT2D eigenvalue weighted by Crippen LogP contribution is 2.24. The van der Waals surface area contributed by atoms with Crippen LogP contribution >= 0.6 is 11.6 Å². The van der Waals surface area contributed by atoms with Gasteiger partial charge >= 0.3 is 0 Å². The largest absolute Gasteiger partial charge is 0.479 e. The molecule has 2 N–H and O–H groups in total. The first kappa shape index (κ1) is 15.8. The summed E-state index contributed by atoms with van der Waals surface area (Å²) in [5.74, 6) is 0.429. The van der Waals surface area contributed by atoms with Gasteiger partial charge < -0.3 is 15.4 Å². The van der Waals surface area contributed by atoms with Crippen molar-refractivity contribution in [3.05, 3.63) is 29.3 Å². The Bertz CT molecular complexity index is 399. The van der Waals surface area contributed by atoms with Gasteiger partial charge in [0.15, 0.2) is 6.10 Å². The van der Waals surface area contributed by atoms with Gasteiger partial charge in [-0.05, 0) is 25.1 Å². The number of amides is 1. The maximum absolute atomic E-state index is 11.9. The lowest BCUT2D eigenvalue weighted by atomic mass is 10.2. The van der Waals surface area contributed by atoms with Crippen molar-refractivity contribution in [2.75, 3.05) is 19.6 Å². The van der Waals surface area contributed by atoms with Crippen molar-refractivity contribution < 1.29 is 9.53 Å². The van der Waals surface area contributed by atoms with Crippen LogP contribution in [0.2, 0.25) is 5.02 Å². The Labute approximate surface area is 119 Å². The zero-order chi connectivity index (χ0) is 14.1. The Kier molecular flexibility index (Phi) is 7.30. The average molecular weight is 285 g/mol. The molecule has 0 saturated heterocycles. The molecule has 1 unspecified atom stereocenters. The van der Waals surface area contributed by atoms with E-state index in [4.69, 9.17) is 16.3 Å². The van der Waals surface area contributed by atoms with E-state index in [2.05, 4.69) is 10.6 Å². The monoisotopic (exact) mass is 284 g/mol. The van der Waals surface area contributed by atoms with Crippen LogP contribution in [-0.2, 0) is 4.79 Å². The van der Waals surface area contributed by atoms with Crippen molar-refractivity contribution in [2.24, 2.45) is 0 Å². The van der Waals surface area contributed by atoms with Crippen LogP contribution in [0.25, 0.3) is 0 Å². The smallest absolute Gasteiger partial charge is 0.261 e. The summed E-state index contributed by atoms with van der Waals surface area (Å²) < 4.78 is 5.65. The molecule has 0 aliphatic heterocycles. The number of benzene rings is 1. The van der Waals surface area contributed by atoms with Gasteiger partial charge in [-0.1, -0.05) is 37.6 Å². The number of hydrogen-bond donors (Lipinski definition) is 2. The highest BCUT2D eigenvalue weighted by atomic mass is 35.5. The molecule has 1 aromatic carbocycles. The van der Waals surface area contributed by atoms with Crippen molar-refractivity contribution in [3.63, 3.8) is 0 Å². The molecule has 5 heteroatoms. The first-order valence-corrected chi connectivity index (χ1v) is 6.96. The second-order valence-electron chi connectivity index (χ2n) is 4.09. The molecule has 0 saturated carbocycles. The summed E-state index contributed by atoms with van der Waals surface area (Å²) in [5.41, 5.74) is 0. The number of hydrogen-bond acceptors (Lipinski definition) is 3. The molecule has 1 atom stereocenters. The second kappa shape index (κ2) is 8.77. The van der Waals surface area contributed by atoms with E-state index in [1.807, 2.05) is 26.0 Å². The van der Waals surface area contributed by atoms with E-state index in [1.165, 1.54) is 0 Å². The van der Waals surface area contributed by atoms with Gasteiger partial charge in [0.25, 0.3) is 5.91 Å². The molecule has 0 bridgehead atoms. The van der Waals surface area contributed by atoms with Gasteiger partial charge in [-0.2, -0.15) is 0 Å². The molecule has 0 spiro atoms. The zero-order valence-corrected chi connectivity index (χ0v) is 12.2. The lowest BCUT2D eigenvalue weighted by Crippen LogP contribution is -2.41. The molecule has 106 valence electrons. The fourth-order valence-electron chi connectivity index (χ4n) is 1.58. The maximum Gasteiger partial charge on any atom is 0.261 e. The lowest BCUT2D eigenvalue weighted by Gasteiger charge is -2.18. The molecule has 0 radical (unpaired) electrons. The van der Waals surface area contributed by atoms with Crippen molar-refractivity contribution in [1.82, 2.24) is 10.6 Å². The molecular formula is C14H21ClN2O2. The molecular weight excluding hydrogens is 264 g/mol. The minimum Gasteiger partial charge on any atom is -0.479 e. The summed E-state index contributed by atoms with van der Waals surface area (Å²) >= 11 is 6.01.